The Morgan fingerprint density at radius 2 is 1.75 bits per heavy atom. The van der Waals surface area contributed by atoms with Gasteiger partial charge in [-0.3, -0.25) is 10.1 Å². The van der Waals surface area contributed by atoms with E-state index in [1.54, 1.807) is 51.3 Å². The van der Waals surface area contributed by atoms with Crippen LogP contribution in [0.25, 0.3) is 21.2 Å². The van der Waals surface area contributed by atoms with Crippen molar-refractivity contribution in [3.8, 4) is 17.2 Å². The molecule has 1 saturated heterocycles. The summed E-state index contributed by atoms with van der Waals surface area (Å²) in [5.41, 5.74) is 3.49. The maximum atomic E-state index is 16.6. The van der Waals surface area contributed by atoms with Gasteiger partial charge in [0.15, 0.2) is 0 Å². The first-order chi connectivity index (χ1) is 22.5. The molecule has 14 heteroatoms. The van der Waals surface area contributed by atoms with Crippen molar-refractivity contribution in [2.75, 3.05) is 36.5 Å². The number of nitriles is 1. The van der Waals surface area contributed by atoms with E-state index >= 15 is 8.78 Å². The number of hydrogen-bond acceptors (Lipinski definition) is 9. The van der Waals surface area contributed by atoms with E-state index < -0.39 is 41.1 Å². The summed E-state index contributed by atoms with van der Waals surface area (Å²) in [5.74, 6) is -1.69. The number of piperazine rings is 1. The van der Waals surface area contributed by atoms with Crippen LogP contribution >= 0.6 is 11.3 Å². The summed E-state index contributed by atoms with van der Waals surface area (Å²) in [5, 5.41) is 14.9. The van der Waals surface area contributed by atoms with E-state index in [2.05, 4.69) is 16.8 Å². The first kappa shape index (κ1) is 33.4. The fourth-order valence-corrected chi connectivity index (χ4v) is 7.68. The number of benzene rings is 2. The zero-order valence-electron chi connectivity index (χ0n) is 27.9. The van der Waals surface area contributed by atoms with Gasteiger partial charge in [0.05, 0.1) is 33.6 Å². The standard InChI is InChI=1S/C34H38F2N6O5S/c1-17-24-26(19-8-9-22(35)28-25(19)21(15-37)29(48-28)38-31(44)46-33(2,3)4)23(36)14-20-27(24)42(39-17)11-10-18-16-40(12-13-41(18)30(20)43)32(45)47-34(5,6)7/h8-9,14,17-18,39H,10-13,16H2,1-7H3,(H,38,44)/t17?,18-/m1/s1. The molecule has 48 heavy (non-hydrogen) atoms. The third-order valence-corrected chi connectivity index (χ3v) is 9.55. The van der Waals surface area contributed by atoms with Gasteiger partial charge in [-0.1, -0.05) is 6.07 Å². The number of anilines is 2. The average molecular weight is 681 g/mol. The summed E-state index contributed by atoms with van der Waals surface area (Å²) in [4.78, 5) is 42.9. The van der Waals surface area contributed by atoms with Crippen LogP contribution in [0, 0.1) is 23.0 Å². The molecule has 3 aliphatic heterocycles. The van der Waals surface area contributed by atoms with Crippen LogP contribution in [0.2, 0.25) is 0 Å². The maximum Gasteiger partial charge on any atom is 0.412 e. The lowest BCUT2D eigenvalue weighted by Gasteiger charge is -2.43. The first-order valence-electron chi connectivity index (χ1n) is 15.8. The third-order valence-electron chi connectivity index (χ3n) is 8.44. The summed E-state index contributed by atoms with van der Waals surface area (Å²) < 4.78 is 42.9. The van der Waals surface area contributed by atoms with Crippen LogP contribution < -0.4 is 15.8 Å². The largest absolute Gasteiger partial charge is 0.444 e. The Kier molecular flexibility index (Phi) is 8.28. The van der Waals surface area contributed by atoms with Gasteiger partial charge in [0.1, 0.15) is 33.9 Å². The number of thiophene rings is 1. The summed E-state index contributed by atoms with van der Waals surface area (Å²) in [6.07, 6.45) is -0.723. The number of hydrazine groups is 1. The number of carbonyl (C=O) groups is 3. The Bertz CT molecular complexity index is 1890. The summed E-state index contributed by atoms with van der Waals surface area (Å²) in [7, 11) is 0. The zero-order valence-corrected chi connectivity index (χ0v) is 28.7. The summed E-state index contributed by atoms with van der Waals surface area (Å²) in [6, 6.07) is 5.15. The lowest BCUT2D eigenvalue weighted by Crippen LogP contribution is -2.58. The number of rotatable bonds is 2. The molecule has 2 N–H and O–H groups in total. The molecule has 0 saturated carbocycles. The summed E-state index contributed by atoms with van der Waals surface area (Å²) in [6.45, 7) is 13.6. The Hall–Kier alpha value is -4.48. The SMILES string of the molecule is CC1NN2CC[C@@H]3CN(C(=O)OC(C)(C)C)CCN3C(=O)c3cc(F)c(-c4ccc(F)c5sc(NC(=O)OC(C)(C)C)c(C#N)c45)c1c32. The molecule has 11 nitrogen and oxygen atoms in total. The van der Waals surface area contributed by atoms with Gasteiger partial charge in [0.2, 0.25) is 0 Å². The number of amides is 3. The minimum atomic E-state index is -0.810. The monoisotopic (exact) mass is 680 g/mol. The van der Waals surface area contributed by atoms with Crippen molar-refractivity contribution < 1.29 is 32.6 Å². The van der Waals surface area contributed by atoms with E-state index in [1.165, 1.54) is 18.2 Å². The minimum Gasteiger partial charge on any atom is -0.444 e. The van der Waals surface area contributed by atoms with Crippen LogP contribution in [0.1, 0.15) is 82.4 Å². The van der Waals surface area contributed by atoms with Crippen LogP contribution in [0.5, 0.6) is 0 Å². The fraction of sp³-hybridized carbons (Fsp3) is 0.471. The van der Waals surface area contributed by atoms with E-state index in [4.69, 9.17) is 9.47 Å². The van der Waals surface area contributed by atoms with Gasteiger partial charge < -0.3 is 24.3 Å². The minimum absolute atomic E-state index is 0.0223. The molecule has 1 unspecified atom stereocenters. The van der Waals surface area contributed by atoms with Gasteiger partial charge in [-0.25, -0.2) is 23.8 Å². The molecule has 254 valence electrons. The van der Waals surface area contributed by atoms with E-state index in [9.17, 15) is 19.6 Å². The van der Waals surface area contributed by atoms with Gasteiger partial charge in [0.25, 0.3) is 5.91 Å². The number of carbonyl (C=O) groups excluding carboxylic acids is 3. The quantitative estimate of drug-likeness (QED) is 0.299. The van der Waals surface area contributed by atoms with Crippen LogP contribution in [0.15, 0.2) is 18.2 Å². The molecule has 1 fully saturated rings. The van der Waals surface area contributed by atoms with Gasteiger partial charge in [-0.15, -0.1) is 11.3 Å². The van der Waals surface area contributed by atoms with Crippen molar-refractivity contribution in [1.82, 2.24) is 15.2 Å². The maximum absolute atomic E-state index is 16.6. The Morgan fingerprint density at radius 3 is 2.42 bits per heavy atom. The highest BCUT2D eigenvalue weighted by molar-refractivity contribution is 7.23. The van der Waals surface area contributed by atoms with E-state index in [0.29, 0.717) is 24.2 Å². The van der Waals surface area contributed by atoms with Crippen molar-refractivity contribution in [3.63, 3.8) is 0 Å². The Balaban J connectivity index is 1.43. The number of ether oxygens (including phenoxy) is 2. The number of nitrogens with zero attached hydrogens (tertiary/aromatic N) is 4. The Morgan fingerprint density at radius 1 is 1.04 bits per heavy atom. The van der Waals surface area contributed by atoms with Crippen LogP contribution in [-0.4, -0.2) is 71.3 Å². The molecule has 0 bridgehead atoms. The van der Waals surface area contributed by atoms with Crippen molar-refractivity contribution in [2.24, 2.45) is 0 Å². The molecule has 3 amide bonds. The molecule has 2 atom stereocenters. The molecular weight excluding hydrogens is 642 g/mol. The van der Waals surface area contributed by atoms with E-state index in [0.717, 1.165) is 11.3 Å². The van der Waals surface area contributed by atoms with Crippen LogP contribution in [0.3, 0.4) is 0 Å². The highest BCUT2D eigenvalue weighted by Gasteiger charge is 2.42. The molecule has 0 aliphatic carbocycles. The smallest absolute Gasteiger partial charge is 0.412 e. The molecule has 3 aliphatic rings. The van der Waals surface area contributed by atoms with Gasteiger partial charge in [-0.05, 0) is 72.6 Å². The van der Waals surface area contributed by atoms with Crippen molar-refractivity contribution in [3.05, 3.63) is 46.5 Å². The molecular formula is C34H38F2N6O5S. The van der Waals surface area contributed by atoms with Crippen LogP contribution in [0.4, 0.5) is 29.1 Å². The second-order valence-electron chi connectivity index (χ2n) is 14.3. The molecule has 4 heterocycles. The van der Waals surface area contributed by atoms with Crippen molar-refractivity contribution in [2.45, 2.75) is 78.2 Å². The highest BCUT2D eigenvalue weighted by Crippen LogP contribution is 2.49. The number of halogens is 2. The van der Waals surface area contributed by atoms with Gasteiger partial charge in [0, 0.05) is 42.7 Å². The second-order valence-corrected chi connectivity index (χ2v) is 15.3. The predicted molar refractivity (Wildman–Crippen MR) is 178 cm³/mol. The molecule has 0 radical (unpaired) electrons. The average Bonchev–Trinajstić information content (AvgIpc) is 3.51. The highest BCUT2D eigenvalue weighted by atomic mass is 32.1. The normalized spacial score (nSPS) is 19.3. The topological polar surface area (TPSA) is 127 Å². The van der Waals surface area contributed by atoms with E-state index in [-0.39, 0.29) is 68.9 Å². The fourth-order valence-electron chi connectivity index (χ4n) is 6.61. The first-order valence-corrected chi connectivity index (χ1v) is 16.6. The number of hydrogen-bond donors (Lipinski definition) is 2. The molecule has 0 spiro atoms. The molecule has 6 rings (SSSR count). The summed E-state index contributed by atoms with van der Waals surface area (Å²) >= 11 is 0.866. The van der Waals surface area contributed by atoms with Gasteiger partial charge in [-0.2, -0.15) is 5.26 Å². The van der Waals surface area contributed by atoms with Gasteiger partial charge >= 0.3 is 12.2 Å². The third kappa shape index (κ3) is 6.01. The second kappa shape index (κ2) is 11.9. The molecule has 2 aromatic carbocycles. The molecule has 1 aromatic heterocycles. The van der Waals surface area contributed by atoms with Crippen molar-refractivity contribution >= 4 is 50.2 Å². The lowest BCUT2D eigenvalue weighted by molar-refractivity contribution is 0.00342. The Labute approximate surface area is 281 Å². The predicted octanol–water partition coefficient (Wildman–Crippen LogP) is 6.92. The lowest BCUT2D eigenvalue weighted by atomic mass is 9.88. The zero-order chi connectivity index (χ0) is 34.9. The molecule has 3 aromatic rings. The van der Waals surface area contributed by atoms with Crippen molar-refractivity contribution in [1.29, 1.82) is 5.26 Å². The number of fused-ring (bicyclic) bond motifs is 2. The van der Waals surface area contributed by atoms with E-state index in [1.807, 2.05) is 11.9 Å². The number of nitrogens with one attached hydrogen (secondary N) is 2. The van der Waals surface area contributed by atoms with Crippen LogP contribution in [-0.2, 0) is 9.47 Å².